The first-order valence-corrected chi connectivity index (χ1v) is 12.0. The number of rotatable bonds is 10. The Balaban J connectivity index is 1.63. The molecule has 0 saturated carbocycles. The normalized spacial score (nSPS) is 12.1. The van der Waals surface area contributed by atoms with E-state index < -0.39 is 11.6 Å². The van der Waals surface area contributed by atoms with E-state index in [1.54, 1.807) is 23.6 Å². The third-order valence-corrected chi connectivity index (χ3v) is 6.29. The summed E-state index contributed by atoms with van der Waals surface area (Å²) in [6.07, 6.45) is 2.26. The van der Waals surface area contributed by atoms with E-state index in [-0.39, 0.29) is 42.6 Å². The Labute approximate surface area is 214 Å². The van der Waals surface area contributed by atoms with Gasteiger partial charge in [0.05, 0.1) is 11.3 Å². The molecule has 192 valence electrons. The maximum atomic E-state index is 14.1. The maximum absolute atomic E-state index is 14.1. The van der Waals surface area contributed by atoms with Gasteiger partial charge < -0.3 is 10.5 Å². The maximum Gasteiger partial charge on any atom is 0.182 e. The highest BCUT2D eigenvalue weighted by Gasteiger charge is 2.23. The third-order valence-electron chi connectivity index (χ3n) is 6.29. The lowest BCUT2D eigenvalue weighted by molar-refractivity contribution is -0.116. The number of nitrogens with two attached hydrogens (primary N) is 1. The molecule has 0 radical (unpaired) electrons. The van der Waals surface area contributed by atoms with Gasteiger partial charge in [0.1, 0.15) is 29.7 Å². The summed E-state index contributed by atoms with van der Waals surface area (Å²) in [7, 11) is 0. The summed E-state index contributed by atoms with van der Waals surface area (Å²) in [6.45, 7) is 5.05. The lowest BCUT2D eigenvalue weighted by Gasteiger charge is -2.16. The number of Topliss-reactive ketones (excluding diaryl/α,β-unsaturated/α-hetero) is 2. The van der Waals surface area contributed by atoms with Gasteiger partial charge in [0.15, 0.2) is 17.2 Å². The average Bonchev–Trinajstić information content (AvgIpc) is 3.17. The van der Waals surface area contributed by atoms with Gasteiger partial charge in [-0.25, -0.2) is 13.8 Å². The molecule has 0 saturated heterocycles. The molecule has 4 rings (SSSR count). The highest BCUT2D eigenvalue weighted by molar-refractivity contribution is 5.97. The summed E-state index contributed by atoms with van der Waals surface area (Å²) in [5, 5.41) is 0. The molecule has 6 nitrogen and oxygen atoms in total. The molecular weight excluding hydrogens is 476 g/mol. The van der Waals surface area contributed by atoms with Gasteiger partial charge in [-0.1, -0.05) is 30.3 Å². The Morgan fingerprint density at radius 2 is 1.78 bits per heavy atom. The molecule has 2 heterocycles. The van der Waals surface area contributed by atoms with Crippen LogP contribution in [0.4, 0.5) is 8.78 Å². The molecular formula is C29H29F2N3O3. The van der Waals surface area contributed by atoms with Gasteiger partial charge in [-0.15, -0.1) is 0 Å². The summed E-state index contributed by atoms with van der Waals surface area (Å²) >= 11 is 0. The van der Waals surface area contributed by atoms with Crippen LogP contribution in [0, 0.1) is 25.5 Å². The van der Waals surface area contributed by atoms with E-state index in [0.29, 0.717) is 29.2 Å². The van der Waals surface area contributed by atoms with E-state index in [0.717, 1.165) is 16.7 Å². The molecule has 2 aromatic heterocycles. The summed E-state index contributed by atoms with van der Waals surface area (Å²) in [6, 6.07) is 12.9. The van der Waals surface area contributed by atoms with Crippen molar-refractivity contribution in [1.82, 2.24) is 9.38 Å². The highest BCUT2D eigenvalue weighted by Crippen LogP contribution is 2.28. The molecule has 37 heavy (non-hydrogen) atoms. The number of aryl methyl sites for hydroxylation is 2. The van der Waals surface area contributed by atoms with Crippen LogP contribution in [-0.4, -0.2) is 27.5 Å². The van der Waals surface area contributed by atoms with Gasteiger partial charge >= 0.3 is 0 Å². The van der Waals surface area contributed by atoms with Crippen molar-refractivity contribution >= 4 is 17.2 Å². The van der Waals surface area contributed by atoms with Crippen LogP contribution in [0.3, 0.4) is 0 Å². The quantitative estimate of drug-likeness (QED) is 0.297. The van der Waals surface area contributed by atoms with Crippen molar-refractivity contribution in [3.05, 3.63) is 100 Å². The smallest absolute Gasteiger partial charge is 0.182 e. The van der Waals surface area contributed by atoms with Crippen LogP contribution in [0.15, 0.2) is 54.7 Å². The second kappa shape index (κ2) is 11.0. The van der Waals surface area contributed by atoms with Gasteiger partial charge in [0.2, 0.25) is 0 Å². The van der Waals surface area contributed by atoms with Crippen LogP contribution < -0.4 is 10.5 Å². The monoisotopic (exact) mass is 505 g/mol. The number of halogens is 2. The second-order valence-electron chi connectivity index (χ2n) is 9.29. The van der Waals surface area contributed by atoms with Crippen LogP contribution in [0.5, 0.6) is 5.75 Å². The zero-order valence-electron chi connectivity index (χ0n) is 21.1. The number of carbonyl (C=O) groups is 2. The van der Waals surface area contributed by atoms with E-state index in [1.807, 2.05) is 31.2 Å². The largest absolute Gasteiger partial charge is 0.485 e. The number of ketones is 2. The number of pyridine rings is 1. The minimum Gasteiger partial charge on any atom is -0.485 e. The summed E-state index contributed by atoms with van der Waals surface area (Å²) in [5.41, 5.74) is 9.74. The Kier molecular flexibility index (Phi) is 7.78. The van der Waals surface area contributed by atoms with Crippen LogP contribution in [0.25, 0.3) is 5.65 Å². The van der Waals surface area contributed by atoms with Crippen molar-refractivity contribution < 1.29 is 23.1 Å². The first-order valence-electron chi connectivity index (χ1n) is 12.0. The topological polar surface area (TPSA) is 86.7 Å². The zero-order valence-corrected chi connectivity index (χ0v) is 21.1. The Morgan fingerprint density at radius 1 is 1.08 bits per heavy atom. The Bertz CT molecular complexity index is 1460. The average molecular weight is 506 g/mol. The lowest BCUT2D eigenvalue weighted by Crippen LogP contribution is -2.18. The van der Waals surface area contributed by atoms with E-state index in [1.165, 1.54) is 25.1 Å². The van der Waals surface area contributed by atoms with Crippen molar-refractivity contribution in [1.29, 1.82) is 0 Å². The molecule has 0 spiro atoms. The fourth-order valence-electron chi connectivity index (χ4n) is 4.52. The number of benzene rings is 2. The number of aromatic nitrogens is 2. The van der Waals surface area contributed by atoms with E-state index in [2.05, 4.69) is 4.98 Å². The number of imidazole rings is 1. The van der Waals surface area contributed by atoms with Crippen LogP contribution in [-0.2, 0) is 17.8 Å². The molecule has 8 heteroatoms. The standard InChI is InChI=1S/C29H29F2N3O3/c1-17-10-27(37-16-23-24(30)8-5-9-25(23)31)29-33-19(3)28(34(29)15-17)26(36)13-22(14-32)21-7-4-6-20(12-21)11-18(2)35/h4-10,12,15,22H,11,13-14,16,32H2,1-3H3. The van der Waals surface area contributed by atoms with Crippen LogP contribution in [0.2, 0.25) is 0 Å². The molecule has 4 aromatic rings. The second-order valence-corrected chi connectivity index (χ2v) is 9.29. The summed E-state index contributed by atoms with van der Waals surface area (Å²) in [5.74, 6) is -1.40. The number of nitrogens with zero attached hydrogens (tertiary/aromatic N) is 2. The molecule has 0 bridgehead atoms. The van der Waals surface area contributed by atoms with Gasteiger partial charge in [-0.3, -0.25) is 14.0 Å². The van der Waals surface area contributed by atoms with E-state index in [4.69, 9.17) is 10.5 Å². The van der Waals surface area contributed by atoms with E-state index >= 15 is 0 Å². The SMILES string of the molecule is CC(=O)Cc1cccc(C(CN)CC(=O)c2c(C)nc3c(OCc4c(F)cccc4F)cc(C)cn23)c1. The predicted octanol–water partition coefficient (Wildman–Crippen LogP) is 5.26. The highest BCUT2D eigenvalue weighted by atomic mass is 19.1. The number of hydrogen-bond donors (Lipinski definition) is 1. The zero-order chi connectivity index (χ0) is 26.7. The molecule has 0 amide bonds. The lowest BCUT2D eigenvalue weighted by atomic mass is 9.91. The van der Waals surface area contributed by atoms with Crippen LogP contribution >= 0.6 is 0 Å². The molecule has 0 aliphatic rings. The van der Waals surface area contributed by atoms with Gasteiger partial charge in [0.25, 0.3) is 0 Å². The Hall–Kier alpha value is -3.91. The first-order chi connectivity index (χ1) is 17.7. The molecule has 2 N–H and O–H groups in total. The third kappa shape index (κ3) is 5.75. The minimum atomic E-state index is -0.695. The first kappa shape index (κ1) is 26.2. The van der Waals surface area contributed by atoms with Crippen molar-refractivity contribution in [3.63, 3.8) is 0 Å². The molecule has 2 aromatic carbocycles. The molecule has 0 aliphatic heterocycles. The van der Waals surface area contributed by atoms with Gasteiger partial charge in [-0.2, -0.15) is 0 Å². The van der Waals surface area contributed by atoms with Crippen molar-refractivity contribution in [2.75, 3.05) is 6.54 Å². The molecule has 1 unspecified atom stereocenters. The summed E-state index contributed by atoms with van der Waals surface area (Å²) < 4.78 is 35.6. The van der Waals surface area contributed by atoms with Crippen molar-refractivity contribution in [3.8, 4) is 5.75 Å². The number of fused-ring (bicyclic) bond motifs is 1. The van der Waals surface area contributed by atoms with Gasteiger partial charge in [0, 0.05) is 25.0 Å². The fraction of sp³-hybridized carbons (Fsp3) is 0.276. The Morgan fingerprint density at radius 3 is 2.46 bits per heavy atom. The van der Waals surface area contributed by atoms with E-state index in [9.17, 15) is 18.4 Å². The fourth-order valence-corrected chi connectivity index (χ4v) is 4.52. The predicted molar refractivity (Wildman–Crippen MR) is 137 cm³/mol. The van der Waals surface area contributed by atoms with Crippen molar-refractivity contribution in [2.24, 2.45) is 5.73 Å². The summed E-state index contributed by atoms with van der Waals surface area (Å²) in [4.78, 5) is 29.6. The molecule has 1 atom stereocenters. The number of ether oxygens (including phenoxy) is 1. The molecule has 0 fully saturated rings. The number of hydrogen-bond acceptors (Lipinski definition) is 5. The van der Waals surface area contributed by atoms with Crippen molar-refractivity contribution in [2.45, 2.75) is 46.1 Å². The minimum absolute atomic E-state index is 0.0602. The van der Waals surface area contributed by atoms with Gasteiger partial charge in [-0.05, 0) is 62.2 Å². The van der Waals surface area contributed by atoms with Crippen LogP contribution in [0.1, 0.15) is 57.7 Å². The number of carbonyl (C=O) groups excluding carboxylic acids is 2. The molecule has 0 aliphatic carbocycles.